The Bertz CT molecular complexity index is 514. The Morgan fingerprint density at radius 1 is 1.24 bits per heavy atom. The Balaban J connectivity index is 2.73. The van der Waals surface area contributed by atoms with Gasteiger partial charge in [-0.2, -0.15) is 16.9 Å². The van der Waals surface area contributed by atoms with Crippen molar-refractivity contribution in [1.82, 2.24) is 4.31 Å². The van der Waals surface area contributed by atoms with Gasteiger partial charge in [-0.25, -0.2) is 8.42 Å². The van der Waals surface area contributed by atoms with Crippen LogP contribution < -0.4 is 4.74 Å². The summed E-state index contributed by atoms with van der Waals surface area (Å²) in [6, 6.07) is 6.44. The molecule has 21 heavy (non-hydrogen) atoms. The highest BCUT2D eigenvalue weighted by Gasteiger charge is 2.24. The second-order valence-corrected chi connectivity index (χ2v) is 7.44. The minimum absolute atomic E-state index is 0.150. The van der Waals surface area contributed by atoms with Crippen LogP contribution in [0.25, 0.3) is 0 Å². The van der Waals surface area contributed by atoms with Crippen molar-refractivity contribution in [3.8, 4) is 5.75 Å². The monoisotopic (exact) mass is 331 g/mol. The van der Waals surface area contributed by atoms with Gasteiger partial charge in [0.25, 0.3) is 0 Å². The van der Waals surface area contributed by atoms with Crippen LogP contribution in [0.4, 0.5) is 0 Å². The molecule has 0 spiro atoms. The lowest BCUT2D eigenvalue weighted by atomic mass is 10.3. The molecule has 0 saturated heterocycles. The van der Waals surface area contributed by atoms with Gasteiger partial charge >= 0.3 is 0 Å². The van der Waals surface area contributed by atoms with E-state index in [4.69, 9.17) is 4.74 Å². The standard InChI is InChI=1S/C15H25NO3S2/c1-4-5-6-11-19-14-7-9-15(10-8-14)21(17,18)16(3)13(2)12-20/h7-10,13,20H,4-6,11-12H2,1-3H3. The van der Waals surface area contributed by atoms with E-state index in [-0.39, 0.29) is 10.9 Å². The van der Waals surface area contributed by atoms with Crippen molar-refractivity contribution in [1.29, 1.82) is 0 Å². The van der Waals surface area contributed by atoms with Crippen molar-refractivity contribution < 1.29 is 13.2 Å². The number of hydrogen-bond donors (Lipinski definition) is 1. The molecule has 0 heterocycles. The van der Waals surface area contributed by atoms with Gasteiger partial charge in [-0.1, -0.05) is 19.8 Å². The van der Waals surface area contributed by atoms with E-state index in [0.29, 0.717) is 18.1 Å². The minimum Gasteiger partial charge on any atom is -0.494 e. The van der Waals surface area contributed by atoms with Crippen molar-refractivity contribution in [3.05, 3.63) is 24.3 Å². The molecule has 0 saturated carbocycles. The van der Waals surface area contributed by atoms with Crippen LogP contribution in [0.2, 0.25) is 0 Å². The first kappa shape index (κ1) is 18.3. The highest BCUT2D eigenvalue weighted by atomic mass is 32.2. The SMILES string of the molecule is CCCCCOc1ccc(S(=O)(=O)N(C)C(C)CS)cc1. The fraction of sp³-hybridized carbons (Fsp3) is 0.600. The third-order valence-electron chi connectivity index (χ3n) is 3.40. The summed E-state index contributed by atoms with van der Waals surface area (Å²) in [5, 5.41) is 0. The first-order valence-electron chi connectivity index (χ1n) is 7.25. The molecule has 1 rings (SSSR count). The van der Waals surface area contributed by atoms with Crippen molar-refractivity contribution in [2.75, 3.05) is 19.4 Å². The molecule has 0 aromatic heterocycles. The van der Waals surface area contributed by atoms with E-state index in [9.17, 15) is 8.42 Å². The highest BCUT2D eigenvalue weighted by molar-refractivity contribution is 7.89. The van der Waals surface area contributed by atoms with Crippen LogP contribution in [-0.2, 0) is 10.0 Å². The number of sulfonamides is 1. The molecule has 0 aliphatic rings. The van der Waals surface area contributed by atoms with Crippen molar-refractivity contribution in [3.63, 3.8) is 0 Å². The van der Waals surface area contributed by atoms with Gasteiger partial charge < -0.3 is 4.74 Å². The summed E-state index contributed by atoms with van der Waals surface area (Å²) in [5.41, 5.74) is 0. The summed E-state index contributed by atoms with van der Waals surface area (Å²) in [4.78, 5) is 0.277. The lowest BCUT2D eigenvalue weighted by Crippen LogP contribution is -2.36. The van der Waals surface area contributed by atoms with Crippen LogP contribution in [0.5, 0.6) is 5.75 Å². The Kier molecular flexibility index (Phi) is 7.56. The summed E-state index contributed by atoms with van der Waals surface area (Å²) in [5.74, 6) is 1.18. The van der Waals surface area contributed by atoms with E-state index in [2.05, 4.69) is 19.6 Å². The van der Waals surface area contributed by atoms with E-state index < -0.39 is 10.0 Å². The van der Waals surface area contributed by atoms with Gasteiger partial charge in [0.1, 0.15) is 5.75 Å². The molecule has 0 radical (unpaired) electrons. The molecule has 0 aliphatic heterocycles. The molecule has 0 aliphatic carbocycles. The normalized spacial score (nSPS) is 13.4. The smallest absolute Gasteiger partial charge is 0.243 e. The number of hydrogen-bond acceptors (Lipinski definition) is 4. The highest BCUT2D eigenvalue weighted by Crippen LogP contribution is 2.20. The third kappa shape index (κ3) is 5.20. The lowest BCUT2D eigenvalue weighted by molar-refractivity contribution is 0.306. The molecule has 1 atom stereocenters. The van der Waals surface area contributed by atoms with Crippen LogP contribution in [0, 0.1) is 0 Å². The van der Waals surface area contributed by atoms with E-state index in [1.165, 1.54) is 4.31 Å². The molecule has 0 bridgehead atoms. The van der Waals surface area contributed by atoms with E-state index >= 15 is 0 Å². The third-order valence-corrected chi connectivity index (χ3v) is 5.92. The second-order valence-electron chi connectivity index (χ2n) is 5.08. The van der Waals surface area contributed by atoms with E-state index in [1.54, 1.807) is 31.3 Å². The molecule has 0 N–H and O–H groups in total. The van der Waals surface area contributed by atoms with Crippen LogP contribution in [0.1, 0.15) is 33.1 Å². The zero-order valence-corrected chi connectivity index (χ0v) is 14.7. The summed E-state index contributed by atoms with van der Waals surface area (Å²) in [6.45, 7) is 4.63. The molecule has 4 nitrogen and oxygen atoms in total. The summed E-state index contributed by atoms with van der Waals surface area (Å²) >= 11 is 4.14. The number of rotatable bonds is 9. The predicted molar refractivity (Wildman–Crippen MR) is 89.7 cm³/mol. The number of nitrogens with zero attached hydrogens (tertiary/aromatic N) is 1. The molecule has 0 amide bonds. The second kappa shape index (κ2) is 8.66. The number of unbranched alkanes of at least 4 members (excludes halogenated alkanes) is 2. The maximum atomic E-state index is 12.4. The molecule has 6 heteroatoms. The van der Waals surface area contributed by atoms with Crippen molar-refractivity contribution in [2.24, 2.45) is 0 Å². The zero-order valence-electron chi connectivity index (χ0n) is 12.9. The summed E-state index contributed by atoms with van der Waals surface area (Å²) < 4.78 is 31.7. The summed E-state index contributed by atoms with van der Waals surface area (Å²) in [6.07, 6.45) is 3.30. The Morgan fingerprint density at radius 2 is 1.86 bits per heavy atom. The molecular formula is C15H25NO3S2. The van der Waals surface area contributed by atoms with Gasteiger partial charge in [-0.05, 0) is 37.6 Å². The maximum Gasteiger partial charge on any atom is 0.243 e. The Hall–Kier alpha value is -0.720. The molecular weight excluding hydrogens is 306 g/mol. The molecule has 1 aromatic rings. The topological polar surface area (TPSA) is 46.6 Å². The van der Waals surface area contributed by atoms with Gasteiger partial charge in [0.05, 0.1) is 11.5 Å². The van der Waals surface area contributed by atoms with Crippen molar-refractivity contribution in [2.45, 2.75) is 44.0 Å². The van der Waals surface area contributed by atoms with Crippen LogP contribution in [0.15, 0.2) is 29.2 Å². The largest absolute Gasteiger partial charge is 0.494 e. The first-order chi connectivity index (χ1) is 9.93. The quantitative estimate of drug-likeness (QED) is 0.558. The maximum absolute atomic E-state index is 12.4. The number of benzene rings is 1. The van der Waals surface area contributed by atoms with Gasteiger partial charge in [-0.15, -0.1) is 0 Å². The average Bonchev–Trinajstić information content (AvgIpc) is 2.50. The molecule has 1 unspecified atom stereocenters. The first-order valence-corrected chi connectivity index (χ1v) is 9.32. The Labute approximate surface area is 134 Å². The molecule has 120 valence electrons. The number of thiol groups is 1. The van der Waals surface area contributed by atoms with Crippen LogP contribution in [0.3, 0.4) is 0 Å². The van der Waals surface area contributed by atoms with Gasteiger partial charge in [0, 0.05) is 18.8 Å². The molecule has 1 aromatic carbocycles. The van der Waals surface area contributed by atoms with E-state index in [0.717, 1.165) is 19.3 Å². The fourth-order valence-electron chi connectivity index (χ4n) is 1.77. The summed E-state index contributed by atoms with van der Waals surface area (Å²) in [7, 11) is -1.89. The van der Waals surface area contributed by atoms with E-state index in [1.807, 2.05) is 6.92 Å². The van der Waals surface area contributed by atoms with Crippen LogP contribution >= 0.6 is 12.6 Å². The lowest BCUT2D eigenvalue weighted by Gasteiger charge is -2.22. The van der Waals surface area contributed by atoms with Gasteiger partial charge in [0.15, 0.2) is 0 Å². The average molecular weight is 332 g/mol. The predicted octanol–water partition coefficient (Wildman–Crippen LogP) is 3.19. The van der Waals surface area contributed by atoms with Crippen LogP contribution in [-0.4, -0.2) is 38.2 Å². The zero-order chi connectivity index (χ0) is 15.9. The van der Waals surface area contributed by atoms with Gasteiger partial charge in [0.2, 0.25) is 10.0 Å². The fourth-order valence-corrected chi connectivity index (χ4v) is 3.48. The Morgan fingerprint density at radius 3 is 2.38 bits per heavy atom. The van der Waals surface area contributed by atoms with Gasteiger partial charge in [-0.3, -0.25) is 0 Å². The number of ether oxygens (including phenoxy) is 1. The molecule has 0 fully saturated rings. The minimum atomic E-state index is -3.47. The van der Waals surface area contributed by atoms with Crippen molar-refractivity contribution >= 4 is 22.7 Å².